The number of halogens is 3. The number of ether oxygens (including phenoxy) is 1. The average molecular weight is 437 g/mol. The summed E-state index contributed by atoms with van der Waals surface area (Å²) < 4.78 is 47.8. The van der Waals surface area contributed by atoms with Gasteiger partial charge >= 0.3 is 0 Å². The number of pyridine rings is 1. The van der Waals surface area contributed by atoms with E-state index in [1.807, 2.05) is 0 Å². The van der Waals surface area contributed by atoms with Crippen LogP contribution < -0.4 is 17.6 Å². The second-order valence-corrected chi connectivity index (χ2v) is 7.68. The Hall–Kier alpha value is -2.76. The van der Waals surface area contributed by atoms with Gasteiger partial charge in [0, 0.05) is 31.5 Å². The van der Waals surface area contributed by atoms with Crippen molar-refractivity contribution < 1.29 is 17.9 Å². The van der Waals surface area contributed by atoms with E-state index in [9.17, 15) is 13.2 Å². The second-order valence-electron chi connectivity index (χ2n) is 7.68. The third kappa shape index (κ3) is 4.08. The summed E-state index contributed by atoms with van der Waals surface area (Å²) in [7, 11) is 0. The molecule has 0 aromatic carbocycles. The summed E-state index contributed by atoms with van der Waals surface area (Å²) >= 11 is 0. The molecule has 0 unspecified atom stereocenters. The van der Waals surface area contributed by atoms with Crippen LogP contribution in [-0.2, 0) is 10.2 Å². The summed E-state index contributed by atoms with van der Waals surface area (Å²) in [6, 6.07) is 4.84. The highest BCUT2D eigenvalue weighted by Gasteiger charge is 2.52. The average Bonchev–Trinajstić information content (AvgIpc) is 3.49. The monoisotopic (exact) mass is 437 g/mol. The van der Waals surface area contributed by atoms with Crippen LogP contribution in [0.15, 0.2) is 30.6 Å². The Morgan fingerprint density at radius 3 is 2.45 bits per heavy atom. The van der Waals surface area contributed by atoms with Crippen LogP contribution >= 0.6 is 0 Å². The van der Waals surface area contributed by atoms with Crippen LogP contribution in [0.2, 0.25) is 0 Å². The fraction of sp³-hybridized carbons (Fsp3) is 0.450. The first kappa shape index (κ1) is 22.9. The molecule has 7 N–H and O–H groups in total. The first-order valence-corrected chi connectivity index (χ1v) is 9.70. The van der Waals surface area contributed by atoms with Crippen molar-refractivity contribution in [1.82, 2.24) is 31.9 Å². The highest BCUT2D eigenvalue weighted by Crippen LogP contribution is 2.52. The van der Waals surface area contributed by atoms with E-state index in [0.717, 1.165) is 12.8 Å². The van der Waals surface area contributed by atoms with Gasteiger partial charge < -0.3 is 22.4 Å². The maximum atomic E-state index is 14.4. The predicted molar refractivity (Wildman–Crippen MR) is 111 cm³/mol. The van der Waals surface area contributed by atoms with E-state index in [1.165, 1.54) is 23.0 Å². The van der Waals surface area contributed by atoms with Gasteiger partial charge in [0.25, 0.3) is 0 Å². The molecule has 2 aliphatic rings. The van der Waals surface area contributed by atoms with Gasteiger partial charge in [0.15, 0.2) is 5.82 Å². The zero-order valence-electron chi connectivity index (χ0n) is 17.0. The van der Waals surface area contributed by atoms with Crippen molar-refractivity contribution >= 4 is 11.5 Å². The standard InChI is InChI=1S/C20H20F3N5O.2H3N/c21-14-9-16(15-2-1-12(10-24-15)20(5-6-20)18(22)23)28-17(14)11-25-19(27-28)26-13-3-7-29-8-4-13;;/h1-2,9-11,13,18H,3-8H2,(H,26,27);2*1H3. The van der Waals surface area contributed by atoms with Gasteiger partial charge in [0.1, 0.15) is 5.52 Å². The number of anilines is 1. The van der Waals surface area contributed by atoms with Gasteiger partial charge in [-0.1, -0.05) is 6.07 Å². The molecule has 1 aliphatic heterocycles. The van der Waals surface area contributed by atoms with E-state index < -0.39 is 17.7 Å². The molecule has 5 rings (SSSR count). The Balaban J connectivity index is 0.00000136. The maximum absolute atomic E-state index is 14.4. The van der Waals surface area contributed by atoms with Crippen LogP contribution in [0.1, 0.15) is 31.2 Å². The zero-order valence-corrected chi connectivity index (χ0v) is 17.0. The van der Waals surface area contributed by atoms with Crippen LogP contribution in [0.4, 0.5) is 19.1 Å². The molecule has 0 radical (unpaired) electrons. The third-order valence-corrected chi connectivity index (χ3v) is 5.83. The summed E-state index contributed by atoms with van der Waals surface area (Å²) in [5.74, 6) is -0.0674. The summed E-state index contributed by atoms with van der Waals surface area (Å²) in [5.41, 5.74) is 0.599. The van der Waals surface area contributed by atoms with Crippen molar-refractivity contribution in [3.63, 3.8) is 0 Å². The van der Waals surface area contributed by atoms with E-state index >= 15 is 0 Å². The number of aromatic nitrogens is 4. The summed E-state index contributed by atoms with van der Waals surface area (Å²) in [6.45, 7) is 1.36. The van der Waals surface area contributed by atoms with Gasteiger partial charge in [-0.15, -0.1) is 5.10 Å². The van der Waals surface area contributed by atoms with E-state index in [4.69, 9.17) is 4.74 Å². The minimum atomic E-state index is -2.41. The molecule has 1 saturated carbocycles. The van der Waals surface area contributed by atoms with E-state index in [0.29, 0.717) is 49.0 Å². The Morgan fingerprint density at radius 2 is 1.84 bits per heavy atom. The fourth-order valence-corrected chi connectivity index (χ4v) is 3.83. The predicted octanol–water partition coefficient (Wildman–Crippen LogP) is 4.14. The van der Waals surface area contributed by atoms with Crippen molar-refractivity contribution in [1.29, 1.82) is 0 Å². The first-order chi connectivity index (χ1) is 14.1. The van der Waals surface area contributed by atoms with Crippen molar-refractivity contribution in [3.8, 4) is 11.4 Å². The quantitative estimate of drug-likeness (QED) is 0.546. The topological polar surface area (TPSA) is 134 Å². The minimum Gasteiger partial charge on any atom is -0.381 e. The van der Waals surface area contributed by atoms with E-state index in [2.05, 4.69) is 20.4 Å². The zero-order chi connectivity index (χ0) is 20.0. The lowest BCUT2D eigenvalue weighted by Crippen LogP contribution is -2.28. The molecule has 0 spiro atoms. The number of rotatable bonds is 5. The molecule has 0 atom stereocenters. The molecule has 8 nitrogen and oxygen atoms in total. The Bertz CT molecular complexity index is 1030. The number of fused-ring (bicyclic) bond motifs is 1. The molecule has 4 heterocycles. The minimum absolute atomic E-state index is 0. The SMILES string of the molecule is Fc1cc(-c2ccc(C3(C(F)F)CC3)cn2)n2nc(NC3CCOCC3)ncc12.N.N. The van der Waals surface area contributed by atoms with Gasteiger partial charge in [0.2, 0.25) is 12.4 Å². The highest BCUT2D eigenvalue weighted by molar-refractivity contribution is 5.64. The van der Waals surface area contributed by atoms with Crippen molar-refractivity contribution in [3.05, 3.63) is 42.0 Å². The summed E-state index contributed by atoms with van der Waals surface area (Å²) in [5, 5.41) is 7.69. The smallest absolute Gasteiger partial charge is 0.248 e. The lowest BCUT2D eigenvalue weighted by molar-refractivity contribution is 0.0903. The molecule has 2 fully saturated rings. The van der Waals surface area contributed by atoms with Crippen LogP contribution in [0, 0.1) is 5.82 Å². The number of hydrogen-bond acceptors (Lipinski definition) is 7. The largest absolute Gasteiger partial charge is 0.381 e. The fourth-order valence-electron chi connectivity index (χ4n) is 3.83. The number of nitrogens with zero attached hydrogens (tertiary/aromatic N) is 4. The number of nitrogens with one attached hydrogen (secondary N) is 1. The van der Waals surface area contributed by atoms with Crippen LogP contribution in [-0.4, -0.2) is 45.3 Å². The Morgan fingerprint density at radius 1 is 1.10 bits per heavy atom. The molecule has 3 aromatic rings. The molecular formula is C20H26F3N7O. The van der Waals surface area contributed by atoms with E-state index in [1.54, 1.807) is 12.1 Å². The van der Waals surface area contributed by atoms with Crippen molar-refractivity contribution in [2.75, 3.05) is 18.5 Å². The lowest BCUT2D eigenvalue weighted by atomic mass is 9.98. The number of hydrogen-bond donors (Lipinski definition) is 3. The number of alkyl halides is 2. The molecule has 11 heteroatoms. The Labute approximate surface area is 177 Å². The second kappa shape index (κ2) is 8.77. The normalized spacial score (nSPS) is 17.8. The van der Waals surface area contributed by atoms with Crippen LogP contribution in [0.5, 0.6) is 0 Å². The van der Waals surface area contributed by atoms with Crippen LogP contribution in [0.3, 0.4) is 0 Å². The van der Waals surface area contributed by atoms with Gasteiger partial charge in [-0.05, 0) is 37.3 Å². The summed E-state index contributed by atoms with van der Waals surface area (Å²) in [4.78, 5) is 8.54. The van der Waals surface area contributed by atoms with E-state index in [-0.39, 0.29) is 23.9 Å². The third-order valence-electron chi connectivity index (χ3n) is 5.83. The van der Waals surface area contributed by atoms with Gasteiger partial charge in [-0.3, -0.25) is 4.98 Å². The molecule has 0 bridgehead atoms. The summed E-state index contributed by atoms with van der Waals surface area (Å²) in [6.07, 6.45) is 3.11. The molecule has 1 saturated heterocycles. The highest BCUT2D eigenvalue weighted by atomic mass is 19.3. The molecule has 1 aliphatic carbocycles. The lowest BCUT2D eigenvalue weighted by Gasteiger charge is -2.22. The molecule has 31 heavy (non-hydrogen) atoms. The molecule has 168 valence electrons. The first-order valence-electron chi connectivity index (χ1n) is 9.70. The maximum Gasteiger partial charge on any atom is 0.248 e. The molecular weight excluding hydrogens is 411 g/mol. The van der Waals surface area contributed by atoms with Crippen molar-refractivity contribution in [2.24, 2.45) is 0 Å². The van der Waals surface area contributed by atoms with Gasteiger partial charge in [-0.25, -0.2) is 22.7 Å². The van der Waals surface area contributed by atoms with Crippen LogP contribution in [0.25, 0.3) is 16.9 Å². The molecule has 0 amide bonds. The molecule has 3 aromatic heterocycles. The van der Waals surface area contributed by atoms with Gasteiger partial charge in [-0.2, -0.15) is 0 Å². The van der Waals surface area contributed by atoms with Crippen molar-refractivity contribution in [2.45, 2.75) is 43.6 Å². The van der Waals surface area contributed by atoms with Gasteiger partial charge in [0.05, 0.1) is 23.0 Å². The Kier molecular flexibility index (Phi) is 6.48.